The Bertz CT molecular complexity index is 634. The fraction of sp³-hybridized carbons (Fsp3) is 0.267. The Morgan fingerprint density at radius 2 is 2.29 bits per heavy atom. The van der Waals surface area contributed by atoms with Crippen LogP contribution in [0.15, 0.2) is 35.4 Å². The number of amides is 1. The van der Waals surface area contributed by atoms with Crippen LogP contribution in [-0.2, 0) is 20.9 Å². The minimum Gasteiger partial charge on any atom is -0.463 e. The minimum atomic E-state index is -0.465. The molecule has 5 nitrogen and oxygen atoms in total. The van der Waals surface area contributed by atoms with Crippen LogP contribution in [0.4, 0.5) is 0 Å². The van der Waals surface area contributed by atoms with E-state index in [0.717, 1.165) is 5.56 Å². The Kier molecular flexibility index (Phi) is 5.01. The van der Waals surface area contributed by atoms with Gasteiger partial charge in [-0.05, 0) is 18.6 Å². The molecule has 1 aliphatic rings. The summed E-state index contributed by atoms with van der Waals surface area (Å²) in [6.45, 7) is 2.30. The highest BCUT2D eigenvalue weighted by molar-refractivity contribution is 8.04. The van der Waals surface area contributed by atoms with Crippen LogP contribution in [0.5, 0.6) is 0 Å². The maximum Gasteiger partial charge on any atom is 0.333 e. The topological polar surface area (TPSA) is 70.4 Å². The van der Waals surface area contributed by atoms with Crippen molar-refractivity contribution in [3.05, 3.63) is 46.5 Å². The first-order valence-electron chi connectivity index (χ1n) is 6.45. The van der Waals surface area contributed by atoms with E-state index < -0.39 is 5.97 Å². The van der Waals surface area contributed by atoms with E-state index in [1.807, 2.05) is 6.07 Å². The van der Waals surface area contributed by atoms with Crippen molar-refractivity contribution >= 4 is 23.6 Å². The smallest absolute Gasteiger partial charge is 0.333 e. The number of rotatable bonds is 4. The lowest BCUT2D eigenvalue weighted by Gasteiger charge is -2.17. The number of esters is 1. The lowest BCUT2D eigenvalue weighted by atomic mass is 10.1. The van der Waals surface area contributed by atoms with Crippen molar-refractivity contribution in [3.63, 3.8) is 0 Å². The van der Waals surface area contributed by atoms with Gasteiger partial charge in [-0.3, -0.25) is 4.79 Å². The largest absolute Gasteiger partial charge is 0.463 e. The molecule has 0 aliphatic carbocycles. The SMILES string of the molecule is CCOC(=O)/C=C1\SCC(=O)N1Cc1ccccc1C#N. The number of hydrogen-bond acceptors (Lipinski definition) is 5. The molecule has 1 aliphatic heterocycles. The molecule has 1 aromatic carbocycles. The van der Waals surface area contributed by atoms with E-state index in [4.69, 9.17) is 10.00 Å². The Hall–Kier alpha value is -2.26. The number of ether oxygens (including phenoxy) is 1. The van der Waals surface area contributed by atoms with Crippen LogP contribution in [0.1, 0.15) is 18.1 Å². The molecule has 0 atom stereocenters. The van der Waals surface area contributed by atoms with E-state index in [1.54, 1.807) is 25.1 Å². The molecule has 1 fully saturated rings. The first-order chi connectivity index (χ1) is 10.2. The molecule has 1 amide bonds. The molecule has 0 spiro atoms. The van der Waals surface area contributed by atoms with Crippen LogP contribution in [0, 0.1) is 11.3 Å². The molecule has 2 rings (SSSR count). The van der Waals surface area contributed by atoms with Crippen molar-refractivity contribution in [1.82, 2.24) is 4.90 Å². The number of hydrogen-bond donors (Lipinski definition) is 0. The van der Waals surface area contributed by atoms with Gasteiger partial charge < -0.3 is 9.64 Å². The van der Waals surface area contributed by atoms with Crippen LogP contribution in [0.25, 0.3) is 0 Å². The summed E-state index contributed by atoms with van der Waals surface area (Å²) in [5, 5.41) is 9.65. The van der Waals surface area contributed by atoms with E-state index in [1.165, 1.54) is 22.7 Å². The van der Waals surface area contributed by atoms with Gasteiger partial charge in [0.1, 0.15) is 0 Å². The maximum atomic E-state index is 12.0. The molecule has 108 valence electrons. The normalized spacial score (nSPS) is 16.1. The summed E-state index contributed by atoms with van der Waals surface area (Å²) in [5.41, 5.74) is 1.28. The molecule has 1 saturated heterocycles. The van der Waals surface area contributed by atoms with Crippen LogP contribution < -0.4 is 0 Å². The van der Waals surface area contributed by atoms with Gasteiger partial charge in [0.2, 0.25) is 5.91 Å². The quantitative estimate of drug-likeness (QED) is 0.629. The molecular formula is C15H14N2O3S. The van der Waals surface area contributed by atoms with Gasteiger partial charge in [-0.1, -0.05) is 30.0 Å². The van der Waals surface area contributed by atoms with Crippen molar-refractivity contribution in [1.29, 1.82) is 5.26 Å². The van der Waals surface area contributed by atoms with E-state index in [0.29, 0.717) is 23.0 Å². The van der Waals surface area contributed by atoms with E-state index in [-0.39, 0.29) is 12.5 Å². The number of benzene rings is 1. The zero-order chi connectivity index (χ0) is 15.2. The highest BCUT2D eigenvalue weighted by Gasteiger charge is 2.28. The lowest BCUT2D eigenvalue weighted by Crippen LogP contribution is -2.25. The molecule has 0 unspecified atom stereocenters. The van der Waals surface area contributed by atoms with Gasteiger partial charge in [0, 0.05) is 0 Å². The average molecular weight is 302 g/mol. The monoisotopic (exact) mass is 302 g/mol. The van der Waals surface area contributed by atoms with E-state index in [9.17, 15) is 9.59 Å². The molecule has 0 bridgehead atoms. The first kappa shape index (κ1) is 15.1. The Balaban J connectivity index is 2.22. The Labute approximate surface area is 127 Å². The third kappa shape index (κ3) is 3.64. The summed E-state index contributed by atoms with van der Waals surface area (Å²) < 4.78 is 4.86. The van der Waals surface area contributed by atoms with Gasteiger partial charge in [-0.25, -0.2) is 4.79 Å². The second-order valence-electron chi connectivity index (χ2n) is 4.27. The predicted molar refractivity (Wildman–Crippen MR) is 78.9 cm³/mol. The summed E-state index contributed by atoms with van der Waals surface area (Å²) in [6, 6.07) is 9.21. The van der Waals surface area contributed by atoms with Crippen LogP contribution >= 0.6 is 11.8 Å². The zero-order valence-electron chi connectivity index (χ0n) is 11.5. The maximum absolute atomic E-state index is 12.0. The molecule has 6 heteroatoms. The Morgan fingerprint density at radius 3 is 3.00 bits per heavy atom. The van der Waals surface area contributed by atoms with Crippen LogP contribution in [0.2, 0.25) is 0 Å². The molecule has 21 heavy (non-hydrogen) atoms. The number of carbonyl (C=O) groups excluding carboxylic acids is 2. The summed E-state index contributed by atoms with van der Waals surface area (Å²) in [7, 11) is 0. The molecule has 0 radical (unpaired) electrons. The summed E-state index contributed by atoms with van der Waals surface area (Å²) in [5.74, 6) is -0.253. The number of nitrogens with zero attached hydrogens (tertiary/aromatic N) is 2. The number of nitriles is 1. The van der Waals surface area contributed by atoms with Gasteiger partial charge in [0.25, 0.3) is 0 Å². The molecule has 1 aromatic rings. The second kappa shape index (κ2) is 6.95. The summed E-state index contributed by atoms with van der Waals surface area (Å²) >= 11 is 1.30. The third-order valence-corrected chi connectivity index (χ3v) is 3.93. The van der Waals surface area contributed by atoms with Crippen molar-refractivity contribution in [2.75, 3.05) is 12.4 Å². The van der Waals surface area contributed by atoms with Gasteiger partial charge in [0.15, 0.2) is 0 Å². The lowest BCUT2D eigenvalue weighted by molar-refractivity contribution is -0.137. The molecule has 0 aromatic heterocycles. The van der Waals surface area contributed by atoms with Crippen molar-refractivity contribution in [2.24, 2.45) is 0 Å². The van der Waals surface area contributed by atoms with E-state index >= 15 is 0 Å². The summed E-state index contributed by atoms with van der Waals surface area (Å²) in [4.78, 5) is 25.0. The number of carbonyl (C=O) groups is 2. The predicted octanol–water partition coefficient (Wildman–Crippen LogP) is 2.04. The second-order valence-corrected chi connectivity index (χ2v) is 5.27. The molecular weight excluding hydrogens is 288 g/mol. The van der Waals surface area contributed by atoms with Gasteiger partial charge in [0.05, 0.1) is 41.6 Å². The highest BCUT2D eigenvalue weighted by Crippen LogP contribution is 2.30. The van der Waals surface area contributed by atoms with Gasteiger partial charge in [-0.15, -0.1) is 0 Å². The van der Waals surface area contributed by atoms with Gasteiger partial charge >= 0.3 is 5.97 Å². The van der Waals surface area contributed by atoms with Crippen molar-refractivity contribution in [3.8, 4) is 6.07 Å². The molecule has 0 saturated carbocycles. The Morgan fingerprint density at radius 1 is 1.52 bits per heavy atom. The summed E-state index contributed by atoms with van der Waals surface area (Å²) in [6.07, 6.45) is 1.33. The van der Waals surface area contributed by atoms with Crippen molar-refractivity contribution in [2.45, 2.75) is 13.5 Å². The van der Waals surface area contributed by atoms with Crippen molar-refractivity contribution < 1.29 is 14.3 Å². The third-order valence-electron chi connectivity index (χ3n) is 2.90. The zero-order valence-corrected chi connectivity index (χ0v) is 12.4. The standard InChI is InChI=1S/C15H14N2O3S/c1-2-20-15(19)7-14-17(13(18)10-21-14)9-12-6-4-3-5-11(12)8-16/h3-7H,2,9-10H2,1H3/b14-7-. The van der Waals surface area contributed by atoms with Gasteiger partial charge in [-0.2, -0.15) is 5.26 Å². The highest BCUT2D eigenvalue weighted by atomic mass is 32.2. The van der Waals surface area contributed by atoms with E-state index in [2.05, 4.69) is 6.07 Å². The van der Waals surface area contributed by atoms with Crippen LogP contribution in [0.3, 0.4) is 0 Å². The average Bonchev–Trinajstić information content (AvgIpc) is 2.81. The minimum absolute atomic E-state index is 0.0803. The fourth-order valence-electron chi connectivity index (χ4n) is 1.92. The molecule has 1 heterocycles. The first-order valence-corrected chi connectivity index (χ1v) is 7.44. The molecule has 0 N–H and O–H groups in total. The van der Waals surface area contributed by atoms with Crippen LogP contribution in [-0.4, -0.2) is 29.1 Å². The fourth-order valence-corrected chi connectivity index (χ4v) is 2.85. The number of thioether (sulfide) groups is 1.